The van der Waals surface area contributed by atoms with E-state index in [1.165, 1.54) is 0 Å². The van der Waals surface area contributed by atoms with Crippen LogP contribution in [-0.4, -0.2) is 13.1 Å². The van der Waals surface area contributed by atoms with Crippen LogP contribution in [0.15, 0.2) is 30.3 Å². The van der Waals surface area contributed by atoms with Crippen molar-refractivity contribution in [2.75, 3.05) is 7.11 Å². The smallest absolute Gasteiger partial charge is 0.118 e. The summed E-state index contributed by atoms with van der Waals surface area (Å²) in [6.07, 6.45) is 0.837. The van der Waals surface area contributed by atoms with Crippen molar-refractivity contribution in [1.82, 2.24) is 0 Å². The summed E-state index contributed by atoms with van der Waals surface area (Å²) < 4.78 is 4.94. The summed E-state index contributed by atoms with van der Waals surface area (Å²) in [5, 5.41) is 10.3. The molecule has 0 spiro atoms. The second-order valence-corrected chi connectivity index (χ2v) is 2.95. The minimum Gasteiger partial charge on any atom is -0.545 e. The first kappa shape index (κ1) is 10.6. The van der Waals surface area contributed by atoms with Gasteiger partial charge in [-0.05, 0) is 35.9 Å². The zero-order valence-corrected chi connectivity index (χ0v) is 8.25. The van der Waals surface area contributed by atoms with Gasteiger partial charge in [0.05, 0.1) is 13.1 Å². The van der Waals surface area contributed by atoms with Gasteiger partial charge in [-0.3, -0.25) is 0 Å². The maximum absolute atomic E-state index is 10.2. The van der Waals surface area contributed by atoms with Gasteiger partial charge in [0.25, 0.3) is 0 Å². The summed E-state index contributed by atoms with van der Waals surface area (Å²) in [5.74, 6) is -0.627. The molecule has 74 valence electrons. The second-order valence-electron chi connectivity index (χ2n) is 2.54. The van der Waals surface area contributed by atoms with Crippen molar-refractivity contribution in [1.29, 1.82) is 0 Å². The van der Waals surface area contributed by atoms with Gasteiger partial charge in [-0.2, -0.15) is 0 Å². The maximum Gasteiger partial charge on any atom is 0.118 e. The minimum absolute atomic E-state index is 0.132. The van der Waals surface area contributed by atoms with Crippen LogP contribution in [0.25, 0.3) is 5.03 Å². The first-order chi connectivity index (χ1) is 6.63. The molecule has 1 aromatic rings. The highest BCUT2D eigenvalue weighted by molar-refractivity contribution is 6.49. The number of methoxy groups -OCH3 is 1. The predicted molar refractivity (Wildman–Crippen MR) is 51.8 cm³/mol. The second kappa shape index (κ2) is 4.67. The van der Waals surface area contributed by atoms with Crippen molar-refractivity contribution in [3.05, 3.63) is 35.9 Å². The Bertz CT molecular complexity index is 354. The molecule has 0 aromatic heterocycles. The van der Waals surface area contributed by atoms with Gasteiger partial charge in [0.1, 0.15) is 5.75 Å². The topological polar surface area (TPSA) is 49.4 Å². The zero-order valence-electron chi connectivity index (χ0n) is 7.49. The molecule has 0 saturated heterocycles. The van der Waals surface area contributed by atoms with E-state index in [4.69, 9.17) is 16.3 Å². The number of halogens is 1. The fraction of sp³-hybridized carbons (Fsp3) is 0.100. The Morgan fingerprint density at radius 1 is 1.43 bits per heavy atom. The van der Waals surface area contributed by atoms with E-state index in [9.17, 15) is 9.90 Å². The third kappa shape index (κ3) is 2.78. The summed E-state index contributed by atoms with van der Waals surface area (Å²) in [4.78, 5) is 10.2. The summed E-state index contributed by atoms with van der Waals surface area (Å²) in [6, 6.07) is 6.73. The molecule has 0 amide bonds. The lowest BCUT2D eigenvalue weighted by Gasteiger charge is -2.02. The summed E-state index contributed by atoms with van der Waals surface area (Å²) >= 11 is 5.70. The third-order valence-corrected chi connectivity index (χ3v) is 1.94. The van der Waals surface area contributed by atoms with E-state index < -0.39 is 5.97 Å². The number of carboxylic acid groups (broad SMARTS) is 1. The average Bonchev–Trinajstić information content (AvgIpc) is 2.17. The molecule has 0 heterocycles. The van der Waals surface area contributed by atoms with E-state index in [2.05, 4.69) is 0 Å². The van der Waals surface area contributed by atoms with E-state index >= 15 is 0 Å². The van der Waals surface area contributed by atoms with Gasteiger partial charge in [0, 0.05) is 5.03 Å². The average molecular weight is 212 g/mol. The first-order valence-corrected chi connectivity index (χ1v) is 4.24. The van der Waals surface area contributed by atoms with E-state index in [0.717, 1.165) is 6.08 Å². The highest BCUT2D eigenvalue weighted by Gasteiger charge is 1.98. The van der Waals surface area contributed by atoms with Crippen LogP contribution >= 0.6 is 11.6 Å². The lowest BCUT2D eigenvalue weighted by molar-refractivity contribution is -0.297. The van der Waals surface area contributed by atoms with Crippen LogP contribution in [0.2, 0.25) is 0 Å². The van der Waals surface area contributed by atoms with Gasteiger partial charge in [0.2, 0.25) is 0 Å². The highest BCUT2D eigenvalue weighted by Crippen LogP contribution is 2.21. The number of hydrogen-bond donors (Lipinski definition) is 0. The van der Waals surface area contributed by atoms with Gasteiger partial charge in [-0.25, -0.2) is 0 Å². The number of ether oxygens (including phenoxy) is 1. The van der Waals surface area contributed by atoms with Gasteiger partial charge in [-0.1, -0.05) is 11.6 Å². The minimum atomic E-state index is -1.31. The van der Waals surface area contributed by atoms with E-state index in [-0.39, 0.29) is 5.03 Å². The van der Waals surface area contributed by atoms with Crippen LogP contribution in [0, 0.1) is 0 Å². The molecule has 0 saturated carbocycles. The Balaban J connectivity index is 2.92. The van der Waals surface area contributed by atoms with Crippen LogP contribution in [0.4, 0.5) is 0 Å². The molecule has 1 aromatic carbocycles. The monoisotopic (exact) mass is 211 g/mol. The number of carbonyl (C=O) groups is 1. The van der Waals surface area contributed by atoms with Gasteiger partial charge in [0.15, 0.2) is 0 Å². The molecule has 0 aliphatic carbocycles. The Kier molecular flexibility index (Phi) is 3.54. The Morgan fingerprint density at radius 2 is 2.00 bits per heavy atom. The molecule has 0 unspecified atom stereocenters. The molecular weight excluding hydrogens is 204 g/mol. The van der Waals surface area contributed by atoms with E-state index in [1.807, 2.05) is 0 Å². The lowest BCUT2D eigenvalue weighted by Crippen LogP contribution is -2.18. The van der Waals surface area contributed by atoms with Crippen molar-refractivity contribution in [2.24, 2.45) is 0 Å². The summed E-state index contributed by atoms with van der Waals surface area (Å²) in [6.45, 7) is 0. The zero-order chi connectivity index (χ0) is 10.6. The molecule has 3 nitrogen and oxygen atoms in total. The number of hydrogen-bond acceptors (Lipinski definition) is 3. The molecule has 4 heteroatoms. The summed E-state index contributed by atoms with van der Waals surface area (Å²) in [7, 11) is 1.55. The largest absolute Gasteiger partial charge is 0.545 e. The Morgan fingerprint density at radius 3 is 2.43 bits per heavy atom. The van der Waals surface area contributed by atoms with Gasteiger partial charge in [-0.15, -0.1) is 0 Å². The fourth-order valence-electron chi connectivity index (χ4n) is 0.937. The molecule has 14 heavy (non-hydrogen) atoms. The quantitative estimate of drug-likeness (QED) is 0.702. The Hall–Kier alpha value is -1.48. The van der Waals surface area contributed by atoms with Crippen LogP contribution in [0.5, 0.6) is 5.75 Å². The Labute approximate surface area is 86.6 Å². The third-order valence-electron chi connectivity index (χ3n) is 1.61. The molecule has 0 N–H and O–H groups in total. The van der Waals surface area contributed by atoms with E-state index in [1.54, 1.807) is 31.4 Å². The summed E-state index contributed by atoms with van der Waals surface area (Å²) in [5.41, 5.74) is 0.608. The molecule has 0 aliphatic heterocycles. The number of aliphatic carboxylic acids is 1. The van der Waals surface area contributed by atoms with E-state index in [0.29, 0.717) is 11.3 Å². The lowest BCUT2D eigenvalue weighted by atomic mass is 10.2. The van der Waals surface area contributed by atoms with Crippen LogP contribution < -0.4 is 9.84 Å². The first-order valence-electron chi connectivity index (χ1n) is 3.86. The highest BCUT2D eigenvalue weighted by atomic mass is 35.5. The molecule has 0 radical (unpaired) electrons. The van der Waals surface area contributed by atoms with Crippen molar-refractivity contribution in [3.8, 4) is 5.75 Å². The number of carbonyl (C=O) groups excluding carboxylic acids is 1. The molecule has 0 bridgehead atoms. The molecule has 0 atom stereocenters. The number of rotatable bonds is 3. The maximum atomic E-state index is 10.2. The van der Waals surface area contributed by atoms with Crippen molar-refractivity contribution in [3.63, 3.8) is 0 Å². The predicted octanol–water partition coefficient (Wildman–Crippen LogP) is 1.02. The molecule has 1 rings (SSSR count). The number of carboxylic acids is 1. The SMILES string of the molecule is COc1ccc(/C(Cl)=C/C(=O)[O-])cc1. The van der Waals surface area contributed by atoms with Gasteiger partial charge >= 0.3 is 0 Å². The molecule has 0 aliphatic rings. The fourth-order valence-corrected chi connectivity index (χ4v) is 1.15. The van der Waals surface area contributed by atoms with Crippen LogP contribution in [-0.2, 0) is 4.79 Å². The van der Waals surface area contributed by atoms with Crippen molar-refractivity contribution >= 4 is 22.6 Å². The van der Waals surface area contributed by atoms with Crippen LogP contribution in [0.3, 0.4) is 0 Å². The molecular formula is C10H8ClO3-. The number of benzene rings is 1. The van der Waals surface area contributed by atoms with Gasteiger partial charge < -0.3 is 14.6 Å². The van der Waals surface area contributed by atoms with Crippen molar-refractivity contribution < 1.29 is 14.6 Å². The normalized spacial score (nSPS) is 11.1. The van der Waals surface area contributed by atoms with Crippen molar-refractivity contribution in [2.45, 2.75) is 0 Å². The standard InChI is InChI=1S/C10H9ClO3/c1-14-8-4-2-7(3-5-8)9(11)6-10(12)13/h2-6H,1H3,(H,12,13)/p-1/b9-6-. The molecule has 0 fully saturated rings. The van der Waals surface area contributed by atoms with Crippen LogP contribution in [0.1, 0.15) is 5.56 Å².